The minimum atomic E-state index is -0.274. The number of imide groups is 1. The van der Waals surface area contributed by atoms with Crippen LogP contribution in [-0.2, 0) is 12.5 Å². The molecule has 0 saturated carbocycles. The molecular weight excluding hydrogens is 384 g/mol. The fraction of sp³-hybridized carbons (Fsp3) is 0.185. The number of hydrogen-bond acceptors (Lipinski definition) is 2. The number of carbonyl (C=O) groups is 2. The Morgan fingerprint density at radius 2 is 1.26 bits per heavy atom. The first-order chi connectivity index (χ1) is 14.8. The summed E-state index contributed by atoms with van der Waals surface area (Å²) in [5.74, 6) is -0.547. The van der Waals surface area contributed by atoms with Gasteiger partial charge in [0, 0.05) is 18.0 Å². The average molecular weight is 409 g/mol. The van der Waals surface area contributed by atoms with Gasteiger partial charge in [0.25, 0.3) is 11.8 Å². The van der Waals surface area contributed by atoms with E-state index in [0.29, 0.717) is 16.8 Å². The SMILES string of the molecule is Cn1c(-c2ccc(C(C)(C)C)cc2)c(N2C(=O)c3ccccc3C2=O)c2ccccc21. The van der Waals surface area contributed by atoms with Gasteiger partial charge in [0.1, 0.15) is 0 Å². The molecule has 0 radical (unpaired) electrons. The van der Waals surface area contributed by atoms with Gasteiger partial charge in [-0.3, -0.25) is 9.59 Å². The third-order valence-corrected chi connectivity index (χ3v) is 6.12. The summed E-state index contributed by atoms with van der Waals surface area (Å²) in [5.41, 5.74) is 5.63. The minimum absolute atomic E-state index is 0.0445. The highest BCUT2D eigenvalue weighted by Crippen LogP contribution is 2.43. The van der Waals surface area contributed by atoms with Gasteiger partial charge in [-0.05, 0) is 29.2 Å². The van der Waals surface area contributed by atoms with E-state index in [0.717, 1.165) is 22.2 Å². The van der Waals surface area contributed by atoms with Gasteiger partial charge in [0.2, 0.25) is 0 Å². The van der Waals surface area contributed by atoms with E-state index in [1.807, 2.05) is 31.3 Å². The van der Waals surface area contributed by atoms with E-state index >= 15 is 0 Å². The van der Waals surface area contributed by atoms with Gasteiger partial charge in [-0.15, -0.1) is 0 Å². The molecule has 1 aliphatic heterocycles. The summed E-state index contributed by atoms with van der Waals surface area (Å²) in [7, 11) is 1.98. The average Bonchev–Trinajstić information content (AvgIpc) is 3.19. The van der Waals surface area contributed by atoms with Crippen molar-refractivity contribution in [2.24, 2.45) is 7.05 Å². The van der Waals surface area contributed by atoms with Crippen LogP contribution in [0.15, 0.2) is 72.8 Å². The second kappa shape index (κ2) is 6.67. The number of benzene rings is 3. The molecule has 0 fully saturated rings. The van der Waals surface area contributed by atoms with Gasteiger partial charge in [-0.25, -0.2) is 4.90 Å². The lowest BCUT2D eigenvalue weighted by molar-refractivity contribution is 0.0926. The second-order valence-corrected chi connectivity index (χ2v) is 9.09. The zero-order valence-corrected chi connectivity index (χ0v) is 18.1. The fourth-order valence-corrected chi connectivity index (χ4v) is 4.45. The van der Waals surface area contributed by atoms with Crippen molar-refractivity contribution in [3.8, 4) is 11.3 Å². The molecule has 0 unspecified atom stereocenters. The predicted octanol–water partition coefficient (Wildman–Crippen LogP) is 5.94. The van der Waals surface area contributed by atoms with Gasteiger partial charge >= 0.3 is 0 Å². The quantitative estimate of drug-likeness (QED) is 0.385. The van der Waals surface area contributed by atoms with Crippen molar-refractivity contribution in [2.75, 3.05) is 4.90 Å². The number of carbonyl (C=O) groups excluding carboxylic acids is 2. The Kier molecular flexibility index (Phi) is 4.16. The molecule has 31 heavy (non-hydrogen) atoms. The molecular formula is C27H24N2O2. The van der Waals surface area contributed by atoms with Crippen molar-refractivity contribution in [1.82, 2.24) is 4.57 Å². The van der Waals surface area contributed by atoms with Gasteiger partial charge in [0.05, 0.1) is 28.0 Å². The Morgan fingerprint density at radius 3 is 1.84 bits per heavy atom. The number of aromatic nitrogens is 1. The Balaban J connectivity index is 1.76. The summed E-state index contributed by atoms with van der Waals surface area (Å²) < 4.78 is 2.07. The first-order valence-electron chi connectivity index (χ1n) is 10.4. The molecule has 0 N–H and O–H groups in total. The number of nitrogens with zero attached hydrogens (tertiary/aromatic N) is 2. The summed E-state index contributed by atoms with van der Waals surface area (Å²) in [4.78, 5) is 28.0. The highest BCUT2D eigenvalue weighted by atomic mass is 16.2. The number of para-hydroxylation sites is 1. The van der Waals surface area contributed by atoms with Crippen LogP contribution in [0, 0.1) is 0 Å². The van der Waals surface area contributed by atoms with Crippen LogP contribution in [0.25, 0.3) is 22.2 Å². The van der Waals surface area contributed by atoms with Gasteiger partial charge in [-0.2, -0.15) is 0 Å². The molecule has 0 aliphatic carbocycles. The molecule has 2 heterocycles. The van der Waals surface area contributed by atoms with E-state index in [2.05, 4.69) is 49.6 Å². The summed E-state index contributed by atoms with van der Waals surface area (Å²) >= 11 is 0. The summed E-state index contributed by atoms with van der Waals surface area (Å²) in [5, 5.41) is 0.884. The van der Waals surface area contributed by atoms with Crippen LogP contribution in [0.3, 0.4) is 0 Å². The largest absolute Gasteiger partial charge is 0.342 e. The van der Waals surface area contributed by atoms with Crippen molar-refractivity contribution >= 4 is 28.4 Å². The Labute approximate surface area is 181 Å². The van der Waals surface area contributed by atoms with Gasteiger partial charge in [0.15, 0.2) is 0 Å². The van der Waals surface area contributed by atoms with Crippen molar-refractivity contribution in [1.29, 1.82) is 0 Å². The van der Waals surface area contributed by atoms with Crippen molar-refractivity contribution in [3.05, 3.63) is 89.5 Å². The molecule has 2 amide bonds. The number of fused-ring (bicyclic) bond motifs is 2. The molecule has 1 aliphatic rings. The lowest BCUT2D eigenvalue weighted by Gasteiger charge is -2.20. The zero-order valence-electron chi connectivity index (χ0n) is 18.1. The number of hydrogen-bond donors (Lipinski definition) is 0. The highest BCUT2D eigenvalue weighted by Gasteiger charge is 2.39. The number of aryl methyl sites for hydroxylation is 1. The van der Waals surface area contributed by atoms with Crippen molar-refractivity contribution in [2.45, 2.75) is 26.2 Å². The normalized spacial score (nSPS) is 13.9. The van der Waals surface area contributed by atoms with E-state index in [1.165, 1.54) is 10.5 Å². The third-order valence-electron chi connectivity index (χ3n) is 6.12. The maximum Gasteiger partial charge on any atom is 0.266 e. The molecule has 4 aromatic rings. The topological polar surface area (TPSA) is 42.3 Å². The molecule has 0 bridgehead atoms. The Hall–Kier alpha value is -3.66. The summed E-state index contributed by atoms with van der Waals surface area (Å²) in [6.07, 6.45) is 0. The van der Waals surface area contributed by atoms with E-state index < -0.39 is 0 Å². The van der Waals surface area contributed by atoms with Crippen LogP contribution in [0.5, 0.6) is 0 Å². The maximum absolute atomic E-state index is 13.3. The van der Waals surface area contributed by atoms with Crippen molar-refractivity contribution < 1.29 is 9.59 Å². The monoisotopic (exact) mass is 408 g/mol. The van der Waals surface area contributed by atoms with E-state index in [1.54, 1.807) is 24.3 Å². The molecule has 0 atom stereocenters. The number of amides is 2. The second-order valence-electron chi connectivity index (χ2n) is 9.09. The molecule has 0 spiro atoms. The third kappa shape index (κ3) is 2.82. The van der Waals surface area contributed by atoms with Crippen LogP contribution in [0.1, 0.15) is 47.1 Å². The summed E-state index contributed by atoms with van der Waals surface area (Å²) in [6.45, 7) is 6.55. The fourth-order valence-electron chi connectivity index (χ4n) is 4.45. The zero-order chi connectivity index (χ0) is 21.9. The lowest BCUT2D eigenvalue weighted by atomic mass is 9.86. The van der Waals surface area contributed by atoms with Gasteiger partial charge < -0.3 is 4.57 Å². The van der Waals surface area contributed by atoms with Crippen LogP contribution >= 0.6 is 0 Å². The predicted molar refractivity (Wildman–Crippen MR) is 125 cm³/mol. The van der Waals surface area contributed by atoms with Crippen LogP contribution in [0.4, 0.5) is 5.69 Å². The standard InChI is InChI=1S/C27H24N2O2/c1-27(2,3)18-15-13-17(14-16-18)23-24(21-11-7-8-12-22(21)28(23)4)29-25(30)19-9-5-6-10-20(19)26(29)31/h5-16H,1-4H3. The molecule has 5 rings (SSSR count). The van der Waals surface area contributed by atoms with Crippen LogP contribution < -0.4 is 4.90 Å². The Morgan fingerprint density at radius 1 is 0.710 bits per heavy atom. The van der Waals surface area contributed by atoms with E-state index in [9.17, 15) is 9.59 Å². The minimum Gasteiger partial charge on any atom is -0.342 e. The molecule has 1 aromatic heterocycles. The molecule has 4 nitrogen and oxygen atoms in total. The smallest absolute Gasteiger partial charge is 0.266 e. The van der Waals surface area contributed by atoms with Crippen LogP contribution in [0.2, 0.25) is 0 Å². The molecule has 3 aromatic carbocycles. The molecule has 0 saturated heterocycles. The number of rotatable bonds is 2. The Bertz CT molecular complexity index is 1320. The lowest BCUT2D eigenvalue weighted by Crippen LogP contribution is -2.29. The van der Waals surface area contributed by atoms with E-state index in [-0.39, 0.29) is 17.2 Å². The van der Waals surface area contributed by atoms with E-state index in [4.69, 9.17) is 0 Å². The number of anilines is 1. The molecule has 4 heteroatoms. The first kappa shape index (κ1) is 19.3. The van der Waals surface area contributed by atoms with Gasteiger partial charge in [-0.1, -0.05) is 75.4 Å². The molecule has 154 valence electrons. The maximum atomic E-state index is 13.3. The first-order valence-corrected chi connectivity index (χ1v) is 10.4. The van der Waals surface area contributed by atoms with Crippen LogP contribution in [-0.4, -0.2) is 16.4 Å². The highest BCUT2D eigenvalue weighted by molar-refractivity contribution is 6.37. The summed E-state index contributed by atoms with van der Waals surface area (Å²) in [6, 6.07) is 23.3. The van der Waals surface area contributed by atoms with Crippen molar-refractivity contribution in [3.63, 3.8) is 0 Å².